The van der Waals surface area contributed by atoms with Gasteiger partial charge in [0.2, 0.25) is 0 Å². The minimum absolute atomic E-state index is 1.16. The molecule has 0 aliphatic carbocycles. The number of fused-ring (bicyclic) bond motifs is 10. The number of rotatable bonds is 5. The molecule has 0 amide bonds. The first kappa shape index (κ1) is 32.1. The molecule has 12 rings (SSSR count). The van der Waals surface area contributed by atoms with E-state index in [-0.39, 0.29) is 0 Å². The van der Waals surface area contributed by atoms with Crippen LogP contribution >= 0.6 is 0 Å². The summed E-state index contributed by atoms with van der Waals surface area (Å²) in [4.78, 5) is 0. The van der Waals surface area contributed by atoms with E-state index in [1.807, 2.05) is 0 Å². The topological polar surface area (TPSA) is 9.86 Å². The SMILES string of the molecule is c1ccc(-c2cccc(-n3c4ccccc4c4c5c6ccccc6n(-c6cccc([Si]7(c8ccccc8)c8ccccc8-c8ccccc87)c6)c5ccc43)c2)cc1. The lowest BCUT2D eigenvalue weighted by molar-refractivity contribution is 1.17. The van der Waals surface area contributed by atoms with Gasteiger partial charge in [0, 0.05) is 32.9 Å². The quantitative estimate of drug-likeness (QED) is 0.156. The summed E-state index contributed by atoms with van der Waals surface area (Å²) in [6, 6.07) is 81.3. The van der Waals surface area contributed by atoms with Crippen molar-refractivity contribution in [2.45, 2.75) is 0 Å². The summed E-state index contributed by atoms with van der Waals surface area (Å²) in [6.45, 7) is 0. The largest absolute Gasteiger partial charge is 0.309 e. The molecule has 0 N–H and O–H groups in total. The summed E-state index contributed by atoms with van der Waals surface area (Å²) >= 11 is 0. The van der Waals surface area contributed by atoms with E-state index >= 15 is 0 Å². The molecule has 1 aliphatic heterocycles. The van der Waals surface area contributed by atoms with E-state index < -0.39 is 8.07 Å². The van der Waals surface area contributed by atoms with Gasteiger partial charge in [-0.3, -0.25) is 0 Å². The Balaban J connectivity index is 1.13. The fraction of sp³-hybridized carbons (Fsp3) is 0. The monoisotopic (exact) mass is 740 g/mol. The van der Waals surface area contributed by atoms with Gasteiger partial charge in [-0.2, -0.15) is 0 Å². The van der Waals surface area contributed by atoms with Crippen LogP contribution in [0, 0.1) is 0 Å². The third kappa shape index (κ3) is 4.52. The first-order valence-electron chi connectivity index (χ1n) is 19.8. The van der Waals surface area contributed by atoms with Gasteiger partial charge in [0.05, 0.1) is 22.1 Å². The van der Waals surface area contributed by atoms with Crippen LogP contribution in [0.15, 0.2) is 218 Å². The van der Waals surface area contributed by atoms with Crippen LogP contribution in [-0.2, 0) is 0 Å². The van der Waals surface area contributed by atoms with Crippen LogP contribution in [0.5, 0.6) is 0 Å². The van der Waals surface area contributed by atoms with E-state index in [1.165, 1.54) is 92.3 Å². The predicted octanol–water partition coefficient (Wildman–Crippen LogP) is 10.9. The average molecular weight is 741 g/mol. The zero-order chi connectivity index (χ0) is 37.5. The van der Waals surface area contributed by atoms with Crippen molar-refractivity contribution in [1.29, 1.82) is 0 Å². The predicted molar refractivity (Wildman–Crippen MR) is 243 cm³/mol. The molecule has 2 nitrogen and oxygen atoms in total. The standard InChI is InChI=1S/C54H36N2Si/c1-3-17-37(18-4-1)38-19-15-20-39(35-38)55-47-29-11-7-27-45(47)53-49(55)33-34-50-54(53)46-28-8-12-30-48(46)56(50)40-21-16-24-42(36-40)57(41-22-5-2-6-23-41)51-31-13-9-25-43(51)44-26-10-14-32-52(44)57/h1-36H. The Hall–Kier alpha value is -7.20. The van der Waals surface area contributed by atoms with Crippen LogP contribution in [0.4, 0.5) is 0 Å². The number of nitrogens with zero attached hydrogens (tertiary/aromatic N) is 2. The first-order valence-corrected chi connectivity index (χ1v) is 21.8. The van der Waals surface area contributed by atoms with Gasteiger partial charge in [-0.1, -0.05) is 170 Å². The maximum atomic E-state index is 2.51. The fourth-order valence-electron chi connectivity index (χ4n) is 10.1. The van der Waals surface area contributed by atoms with Crippen molar-refractivity contribution in [2.75, 3.05) is 0 Å². The van der Waals surface area contributed by atoms with E-state index in [9.17, 15) is 0 Å². The Bertz CT molecular complexity index is 3310. The molecule has 0 saturated heterocycles. The molecule has 0 spiro atoms. The summed E-state index contributed by atoms with van der Waals surface area (Å²) in [6.07, 6.45) is 0. The lowest BCUT2D eigenvalue weighted by Crippen LogP contribution is -2.72. The summed E-state index contributed by atoms with van der Waals surface area (Å²) in [7, 11) is -2.66. The molecule has 0 saturated carbocycles. The molecule has 57 heavy (non-hydrogen) atoms. The van der Waals surface area contributed by atoms with Crippen LogP contribution in [-0.4, -0.2) is 17.2 Å². The average Bonchev–Trinajstić information content (AvgIpc) is 3.91. The van der Waals surface area contributed by atoms with Crippen molar-refractivity contribution < 1.29 is 0 Å². The second-order valence-corrected chi connectivity index (χ2v) is 19.0. The molecule has 2 aromatic heterocycles. The minimum atomic E-state index is -2.66. The van der Waals surface area contributed by atoms with Gasteiger partial charge >= 0.3 is 0 Å². The molecule has 0 unspecified atom stereocenters. The van der Waals surface area contributed by atoms with Crippen molar-refractivity contribution in [2.24, 2.45) is 0 Å². The zero-order valence-electron chi connectivity index (χ0n) is 31.2. The Morgan fingerprint density at radius 2 is 0.754 bits per heavy atom. The van der Waals surface area contributed by atoms with Crippen LogP contribution in [0.3, 0.4) is 0 Å². The Morgan fingerprint density at radius 1 is 0.298 bits per heavy atom. The van der Waals surface area contributed by atoms with Crippen molar-refractivity contribution in [3.8, 4) is 33.6 Å². The maximum absolute atomic E-state index is 2.66. The molecular weight excluding hydrogens is 705 g/mol. The van der Waals surface area contributed by atoms with E-state index in [1.54, 1.807) is 0 Å². The highest BCUT2D eigenvalue weighted by Gasteiger charge is 2.48. The highest BCUT2D eigenvalue weighted by molar-refractivity contribution is 7.22. The molecule has 0 bridgehead atoms. The number of benzene rings is 9. The molecular formula is C54H36N2Si. The molecule has 0 radical (unpaired) electrons. The van der Waals surface area contributed by atoms with Gasteiger partial charge < -0.3 is 9.13 Å². The molecule has 9 aromatic carbocycles. The lowest BCUT2D eigenvalue weighted by Gasteiger charge is -2.31. The number of hydrogen-bond acceptors (Lipinski definition) is 0. The fourth-order valence-corrected chi connectivity index (χ4v) is 15.3. The smallest absolute Gasteiger partial charge is 0.180 e. The van der Waals surface area contributed by atoms with E-state index in [4.69, 9.17) is 0 Å². The first-order chi connectivity index (χ1) is 28.3. The van der Waals surface area contributed by atoms with E-state index in [0.29, 0.717) is 0 Å². The van der Waals surface area contributed by atoms with Crippen molar-refractivity contribution >= 4 is 72.4 Å². The lowest BCUT2D eigenvalue weighted by atomic mass is 10.0. The summed E-state index contributed by atoms with van der Waals surface area (Å²) in [5, 5.41) is 10.8. The van der Waals surface area contributed by atoms with E-state index in [0.717, 1.165) is 5.69 Å². The Morgan fingerprint density at radius 3 is 1.37 bits per heavy atom. The van der Waals surface area contributed by atoms with Gasteiger partial charge in [-0.25, -0.2) is 0 Å². The van der Waals surface area contributed by atoms with E-state index in [2.05, 4.69) is 228 Å². The third-order valence-electron chi connectivity index (χ3n) is 12.4. The molecule has 1 aliphatic rings. The van der Waals surface area contributed by atoms with Crippen LogP contribution in [0.2, 0.25) is 0 Å². The molecule has 11 aromatic rings. The summed E-state index contributed by atoms with van der Waals surface area (Å²) in [5.41, 5.74) is 12.3. The Labute approximate surface area is 332 Å². The summed E-state index contributed by atoms with van der Waals surface area (Å²) < 4.78 is 4.96. The van der Waals surface area contributed by atoms with Crippen molar-refractivity contribution in [1.82, 2.24) is 9.13 Å². The van der Waals surface area contributed by atoms with Gasteiger partial charge in [0.15, 0.2) is 8.07 Å². The maximum Gasteiger partial charge on any atom is 0.180 e. The second-order valence-electron chi connectivity index (χ2n) is 15.2. The molecule has 0 atom stereocenters. The molecule has 266 valence electrons. The van der Waals surface area contributed by atoms with Crippen molar-refractivity contribution in [3.05, 3.63) is 218 Å². The van der Waals surface area contributed by atoms with Crippen LogP contribution in [0.1, 0.15) is 0 Å². The molecule has 0 fully saturated rings. The second kappa shape index (κ2) is 12.4. The number of para-hydroxylation sites is 2. The van der Waals surface area contributed by atoms with Crippen LogP contribution in [0.25, 0.3) is 77.2 Å². The highest BCUT2D eigenvalue weighted by atomic mass is 28.3. The zero-order valence-corrected chi connectivity index (χ0v) is 32.2. The number of aromatic nitrogens is 2. The third-order valence-corrected chi connectivity index (χ3v) is 17.2. The van der Waals surface area contributed by atoms with Gasteiger partial charge in [0.25, 0.3) is 0 Å². The van der Waals surface area contributed by atoms with Gasteiger partial charge in [-0.05, 0) is 91.5 Å². The Kier molecular flexibility index (Phi) is 6.98. The normalized spacial score (nSPS) is 13.1. The highest BCUT2D eigenvalue weighted by Crippen LogP contribution is 2.42. The summed E-state index contributed by atoms with van der Waals surface area (Å²) in [5.74, 6) is 0. The number of hydrogen-bond donors (Lipinski definition) is 0. The van der Waals surface area contributed by atoms with Crippen LogP contribution < -0.4 is 20.7 Å². The van der Waals surface area contributed by atoms with Crippen molar-refractivity contribution in [3.63, 3.8) is 0 Å². The molecule has 3 heterocycles. The van der Waals surface area contributed by atoms with Gasteiger partial charge in [0.1, 0.15) is 0 Å². The van der Waals surface area contributed by atoms with Gasteiger partial charge in [-0.15, -0.1) is 0 Å². The minimum Gasteiger partial charge on any atom is -0.309 e. The molecule has 3 heteroatoms.